The number of nitrogens with one attached hydrogen (secondary N) is 2. The summed E-state index contributed by atoms with van der Waals surface area (Å²) in [5, 5.41) is 6.02. The fourth-order valence-corrected chi connectivity index (χ4v) is 1.94. The van der Waals surface area contributed by atoms with E-state index in [-0.39, 0.29) is 5.91 Å². The van der Waals surface area contributed by atoms with Crippen molar-refractivity contribution in [2.45, 2.75) is 32.7 Å². The highest BCUT2D eigenvalue weighted by molar-refractivity contribution is 5.99. The van der Waals surface area contributed by atoms with Crippen LogP contribution in [0.5, 0.6) is 0 Å². The lowest BCUT2D eigenvalue weighted by Crippen LogP contribution is -2.29. The highest BCUT2D eigenvalue weighted by Crippen LogP contribution is 2.13. The van der Waals surface area contributed by atoms with Crippen molar-refractivity contribution >= 4 is 11.6 Å². The number of unbranched alkanes of at least 4 members (excludes halogenated alkanes) is 1. The maximum absolute atomic E-state index is 12.1. The molecule has 4 nitrogen and oxygen atoms in total. The zero-order valence-electron chi connectivity index (χ0n) is 13.1. The lowest BCUT2D eigenvalue weighted by Gasteiger charge is -2.20. The molecule has 1 aromatic rings. The molecule has 0 unspecified atom stereocenters. The second kappa shape index (κ2) is 8.59. The van der Waals surface area contributed by atoms with Crippen LogP contribution in [-0.2, 0) is 0 Å². The molecule has 0 aliphatic carbocycles. The van der Waals surface area contributed by atoms with Crippen LogP contribution in [0.4, 0.5) is 5.69 Å². The Morgan fingerprint density at radius 1 is 1.25 bits per heavy atom. The second-order valence-electron chi connectivity index (χ2n) is 5.33. The van der Waals surface area contributed by atoms with Gasteiger partial charge in [-0.2, -0.15) is 0 Å². The van der Waals surface area contributed by atoms with Crippen molar-refractivity contribution < 1.29 is 4.79 Å². The highest BCUT2D eigenvalue weighted by atomic mass is 16.1. The third kappa shape index (κ3) is 5.21. The zero-order chi connectivity index (χ0) is 15.0. The molecular formula is C16H27N3O. The van der Waals surface area contributed by atoms with E-state index < -0.39 is 0 Å². The summed E-state index contributed by atoms with van der Waals surface area (Å²) in [5.74, 6) is -0.00726. The quantitative estimate of drug-likeness (QED) is 0.718. The van der Waals surface area contributed by atoms with Gasteiger partial charge in [0.1, 0.15) is 0 Å². The maximum atomic E-state index is 12.1. The number of rotatable bonds is 8. The SMILES string of the molecule is CNc1ccccc1C(=O)NCCCCN(C)C(C)C. The molecule has 112 valence electrons. The van der Waals surface area contributed by atoms with Gasteiger partial charge in [-0.15, -0.1) is 0 Å². The van der Waals surface area contributed by atoms with Crippen LogP contribution in [-0.4, -0.2) is 44.0 Å². The lowest BCUT2D eigenvalue weighted by molar-refractivity contribution is 0.0953. The minimum atomic E-state index is -0.00726. The first-order valence-corrected chi connectivity index (χ1v) is 7.31. The fourth-order valence-electron chi connectivity index (χ4n) is 1.94. The van der Waals surface area contributed by atoms with Crippen LogP contribution >= 0.6 is 0 Å². The first kappa shape index (κ1) is 16.5. The molecule has 0 aliphatic rings. The summed E-state index contributed by atoms with van der Waals surface area (Å²) in [6, 6.07) is 8.13. The molecular weight excluding hydrogens is 250 g/mol. The van der Waals surface area contributed by atoms with Crippen LogP contribution in [0, 0.1) is 0 Å². The van der Waals surface area contributed by atoms with E-state index >= 15 is 0 Å². The van der Waals surface area contributed by atoms with E-state index in [1.54, 1.807) is 0 Å². The molecule has 0 heterocycles. The van der Waals surface area contributed by atoms with E-state index in [9.17, 15) is 4.79 Å². The average molecular weight is 277 g/mol. The van der Waals surface area contributed by atoms with Crippen LogP contribution in [0.3, 0.4) is 0 Å². The topological polar surface area (TPSA) is 44.4 Å². The van der Waals surface area contributed by atoms with Gasteiger partial charge < -0.3 is 15.5 Å². The highest BCUT2D eigenvalue weighted by Gasteiger charge is 2.09. The third-order valence-corrected chi connectivity index (χ3v) is 3.55. The van der Waals surface area contributed by atoms with Gasteiger partial charge in [-0.05, 0) is 52.4 Å². The molecule has 2 N–H and O–H groups in total. The molecule has 0 spiro atoms. The standard InChI is InChI=1S/C16H27N3O/c1-13(2)19(4)12-8-7-11-18-16(20)14-9-5-6-10-15(14)17-3/h5-6,9-10,13,17H,7-8,11-12H2,1-4H3,(H,18,20). The molecule has 0 saturated heterocycles. The van der Waals surface area contributed by atoms with Crippen molar-refractivity contribution in [3.05, 3.63) is 29.8 Å². The Balaban J connectivity index is 2.30. The predicted molar refractivity (Wildman–Crippen MR) is 85.3 cm³/mol. The van der Waals surface area contributed by atoms with Crippen LogP contribution in [0.1, 0.15) is 37.0 Å². The minimum absolute atomic E-state index is 0.00726. The first-order chi connectivity index (χ1) is 9.56. The molecule has 0 bridgehead atoms. The van der Waals surface area contributed by atoms with E-state index in [1.807, 2.05) is 31.3 Å². The molecule has 0 aromatic heterocycles. The van der Waals surface area contributed by atoms with Crippen molar-refractivity contribution in [2.75, 3.05) is 32.5 Å². The largest absolute Gasteiger partial charge is 0.387 e. The Kier molecular flexibility index (Phi) is 7.09. The number of hydrogen-bond donors (Lipinski definition) is 2. The third-order valence-electron chi connectivity index (χ3n) is 3.55. The van der Waals surface area contributed by atoms with E-state index in [0.29, 0.717) is 11.6 Å². The summed E-state index contributed by atoms with van der Waals surface area (Å²) in [5.41, 5.74) is 1.57. The van der Waals surface area contributed by atoms with E-state index in [4.69, 9.17) is 0 Å². The summed E-state index contributed by atoms with van der Waals surface area (Å²) in [7, 11) is 3.96. The molecule has 1 aromatic carbocycles. The zero-order valence-corrected chi connectivity index (χ0v) is 13.1. The van der Waals surface area contributed by atoms with E-state index in [1.165, 1.54) is 0 Å². The molecule has 0 aliphatic heterocycles. The Bertz CT molecular complexity index is 418. The van der Waals surface area contributed by atoms with Crippen LogP contribution in [0.15, 0.2) is 24.3 Å². The molecule has 0 saturated carbocycles. The van der Waals surface area contributed by atoms with Gasteiger partial charge in [0.25, 0.3) is 5.91 Å². The number of benzene rings is 1. The Hall–Kier alpha value is -1.55. The van der Waals surface area contributed by atoms with Gasteiger partial charge in [0, 0.05) is 25.3 Å². The smallest absolute Gasteiger partial charge is 0.253 e. The van der Waals surface area contributed by atoms with Crippen molar-refractivity contribution in [3.8, 4) is 0 Å². The minimum Gasteiger partial charge on any atom is -0.387 e. The molecule has 1 rings (SSSR count). The molecule has 20 heavy (non-hydrogen) atoms. The monoisotopic (exact) mass is 277 g/mol. The van der Waals surface area contributed by atoms with Gasteiger partial charge in [0.05, 0.1) is 5.56 Å². The fraction of sp³-hybridized carbons (Fsp3) is 0.562. The van der Waals surface area contributed by atoms with Crippen molar-refractivity contribution in [1.82, 2.24) is 10.2 Å². The lowest BCUT2D eigenvalue weighted by atomic mass is 10.1. The number of carbonyl (C=O) groups is 1. The summed E-state index contributed by atoms with van der Waals surface area (Å²) >= 11 is 0. The Morgan fingerprint density at radius 3 is 2.60 bits per heavy atom. The summed E-state index contributed by atoms with van der Waals surface area (Å²) in [6.07, 6.45) is 2.10. The number of carbonyl (C=O) groups excluding carboxylic acids is 1. The van der Waals surface area contributed by atoms with Crippen molar-refractivity contribution in [2.24, 2.45) is 0 Å². The maximum Gasteiger partial charge on any atom is 0.253 e. The van der Waals surface area contributed by atoms with Gasteiger partial charge >= 0.3 is 0 Å². The number of anilines is 1. The van der Waals surface area contributed by atoms with E-state index in [0.717, 1.165) is 31.6 Å². The molecule has 1 amide bonds. The predicted octanol–water partition coefficient (Wildman–Crippen LogP) is 2.58. The number of hydrogen-bond acceptors (Lipinski definition) is 3. The number of nitrogens with zero attached hydrogens (tertiary/aromatic N) is 1. The Labute approximate surface area is 122 Å². The van der Waals surface area contributed by atoms with Gasteiger partial charge in [0.2, 0.25) is 0 Å². The normalized spacial score (nSPS) is 10.9. The van der Waals surface area contributed by atoms with Gasteiger partial charge in [-0.25, -0.2) is 0 Å². The van der Waals surface area contributed by atoms with Gasteiger partial charge in [-0.1, -0.05) is 12.1 Å². The van der Waals surface area contributed by atoms with Gasteiger partial charge in [-0.3, -0.25) is 4.79 Å². The average Bonchev–Trinajstić information content (AvgIpc) is 2.46. The molecule has 0 atom stereocenters. The van der Waals surface area contributed by atoms with Gasteiger partial charge in [0.15, 0.2) is 0 Å². The summed E-state index contributed by atoms with van der Waals surface area (Å²) in [4.78, 5) is 14.4. The van der Waals surface area contributed by atoms with Crippen LogP contribution < -0.4 is 10.6 Å². The van der Waals surface area contributed by atoms with Crippen molar-refractivity contribution in [1.29, 1.82) is 0 Å². The molecule has 0 fully saturated rings. The number of amides is 1. The second-order valence-corrected chi connectivity index (χ2v) is 5.33. The van der Waals surface area contributed by atoms with Crippen LogP contribution in [0.2, 0.25) is 0 Å². The molecule has 0 radical (unpaired) electrons. The first-order valence-electron chi connectivity index (χ1n) is 7.31. The Morgan fingerprint density at radius 2 is 1.95 bits per heavy atom. The number of para-hydroxylation sites is 1. The summed E-state index contributed by atoms with van der Waals surface area (Å²) in [6.45, 7) is 6.18. The molecule has 4 heteroatoms. The van der Waals surface area contributed by atoms with Crippen LogP contribution in [0.25, 0.3) is 0 Å². The van der Waals surface area contributed by atoms with E-state index in [2.05, 4.69) is 36.4 Å². The summed E-state index contributed by atoms with van der Waals surface area (Å²) < 4.78 is 0. The van der Waals surface area contributed by atoms with Crippen molar-refractivity contribution in [3.63, 3.8) is 0 Å².